The Morgan fingerprint density at radius 2 is 1.69 bits per heavy atom. The number of carbonyl (C=O) groups excluding carboxylic acids is 1. The molecule has 0 aliphatic carbocycles. The lowest BCUT2D eigenvalue weighted by Crippen LogP contribution is -2.29. The molecule has 1 saturated heterocycles. The smallest absolute Gasteiger partial charge is 0.226 e. The highest BCUT2D eigenvalue weighted by Gasteiger charge is 2.18. The van der Waals surface area contributed by atoms with Crippen molar-refractivity contribution in [1.82, 2.24) is 4.90 Å². The van der Waals surface area contributed by atoms with E-state index in [4.69, 9.17) is 23.2 Å². The summed E-state index contributed by atoms with van der Waals surface area (Å²) >= 11 is 11.8. The Morgan fingerprint density at radius 3 is 2.25 bits per heavy atom. The number of benzene rings is 1. The average Bonchev–Trinajstić information content (AvgIpc) is 2.68. The molecule has 4 heteroatoms. The molecule has 1 fully saturated rings. The Bertz CT molecular complexity index is 380. The highest BCUT2D eigenvalue weighted by atomic mass is 35.5. The second kappa shape index (κ2) is 5.07. The molecular formula is C12H13Cl2NO. The van der Waals surface area contributed by atoms with E-state index >= 15 is 0 Å². The van der Waals surface area contributed by atoms with Crippen LogP contribution in [0.15, 0.2) is 18.2 Å². The zero-order valence-electron chi connectivity index (χ0n) is 8.88. The number of hydrogen-bond donors (Lipinski definition) is 0. The van der Waals surface area contributed by atoms with E-state index in [1.165, 1.54) is 0 Å². The molecule has 16 heavy (non-hydrogen) atoms. The van der Waals surface area contributed by atoms with Crippen LogP contribution in [0, 0.1) is 0 Å². The Balaban J connectivity index is 2.05. The summed E-state index contributed by atoms with van der Waals surface area (Å²) in [6.45, 7) is 1.76. The normalized spacial score (nSPS) is 15.5. The largest absolute Gasteiger partial charge is 0.342 e. The van der Waals surface area contributed by atoms with Gasteiger partial charge in [-0.3, -0.25) is 4.79 Å². The van der Waals surface area contributed by atoms with Gasteiger partial charge in [0.05, 0.1) is 6.42 Å². The van der Waals surface area contributed by atoms with Crippen LogP contribution in [0.25, 0.3) is 0 Å². The van der Waals surface area contributed by atoms with E-state index < -0.39 is 0 Å². The van der Waals surface area contributed by atoms with Gasteiger partial charge in [0.2, 0.25) is 5.91 Å². The van der Waals surface area contributed by atoms with E-state index in [0.29, 0.717) is 16.5 Å². The van der Waals surface area contributed by atoms with Gasteiger partial charge in [-0.1, -0.05) is 23.2 Å². The van der Waals surface area contributed by atoms with Crippen LogP contribution >= 0.6 is 23.2 Å². The molecule has 0 aromatic heterocycles. The lowest BCUT2D eigenvalue weighted by molar-refractivity contribution is -0.129. The van der Waals surface area contributed by atoms with Crippen LogP contribution in [0.4, 0.5) is 0 Å². The first-order chi connectivity index (χ1) is 7.65. The standard InChI is InChI=1S/C12H13Cl2NO/c13-10-5-9(6-11(14)8-10)7-12(16)15-3-1-2-4-15/h5-6,8H,1-4,7H2. The predicted octanol–water partition coefficient (Wildman–Crippen LogP) is 3.16. The van der Waals surface area contributed by atoms with Gasteiger partial charge in [-0.25, -0.2) is 0 Å². The predicted molar refractivity (Wildman–Crippen MR) is 66.0 cm³/mol. The number of hydrogen-bond acceptors (Lipinski definition) is 1. The van der Waals surface area contributed by atoms with Crippen LogP contribution in [0.1, 0.15) is 18.4 Å². The Morgan fingerprint density at radius 1 is 1.12 bits per heavy atom. The van der Waals surface area contributed by atoms with E-state index in [1.54, 1.807) is 18.2 Å². The zero-order chi connectivity index (χ0) is 11.5. The van der Waals surface area contributed by atoms with Crippen molar-refractivity contribution < 1.29 is 4.79 Å². The van der Waals surface area contributed by atoms with Crippen molar-refractivity contribution in [3.63, 3.8) is 0 Å². The molecule has 0 unspecified atom stereocenters. The minimum atomic E-state index is 0.163. The van der Waals surface area contributed by atoms with Gasteiger partial charge in [-0.2, -0.15) is 0 Å². The first-order valence-electron chi connectivity index (χ1n) is 5.38. The summed E-state index contributed by atoms with van der Waals surface area (Å²) in [7, 11) is 0. The summed E-state index contributed by atoms with van der Waals surface area (Å²) in [6, 6.07) is 5.26. The van der Waals surface area contributed by atoms with Crippen molar-refractivity contribution in [2.24, 2.45) is 0 Å². The second-order valence-corrected chi connectivity index (χ2v) is 4.92. The molecule has 0 N–H and O–H groups in total. The Hall–Kier alpha value is -0.730. The summed E-state index contributed by atoms with van der Waals surface area (Å²) in [5.41, 5.74) is 0.884. The molecule has 0 saturated carbocycles. The molecule has 1 amide bonds. The molecule has 1 aliphatic heterocycles. The maximum atomic E-state index is 11.9. The van der Waals surface area contributed by atoms with Crippen molar-refractivity contribution in [2.45, 2.75) is 19.3 Å². The highest BCUT2D eigenvalue weighted by Crippen LogP contribution is 2.20. The molecule has 86 valence electrons. The first-order valence-corrected chi connectivity index (χ1v) is 6.13. The monoisotopic (exact) mass is 257 g/mol. The van der Waals surface area contributed by atoms with E-state index in [-0.39, 0.29) is 5.91 Å². The zero-order valence-corrected chi connectivity index (χ0v) is 10.4. The maximum Gasteiger partial charge on any atom is 0.226 e. The van der Waals surface area contributed by atoms with E-state index in [0.717, 1.165) is 31.5 Å². The van der Waals surface area contributed by atoms with Crippen molar-refractivity contribution in [1.29, 1.82) is 0 Å². The summed E-state index contributed by atoms with van der Waals surface area (Å²) in [5.74, 6) is 0.163. The molecule has 1 heterocycles. The molecule has 0 bridgehead atoms. The van der Waals surface area contributed by atoms with Crippen LogP contribution in [0.5, 0.6) is 0 Å². The molecule has 0 radical (unpaired) electrons. The number of carbonyl (C=O) groups is 1. The van der Waals surface area contributed by atoms with Crippen LogP contribution < -0.4 is 0 Å². The van der Waals surface area contributed by atoms with Crippen molar-refractivity contribution in [3.8, 4) is 0 Å². The fourth-order valence-electron chi connectivity index (χ4n) is 1.97. The van der Waals surface area contributed by atoms with Crippen molar-refractivity contribution >= 4 is 29.1 Å². The lowest BCUT2D eigenvalue weighted by atomic mass is 10.1. The van der Waals surface area contributed by atoms with E-state index in [1.807, 2.05) is 4.90 Å². The summed E-state index contributed by atoms with van der Waals surface area (Å²) in [4.78, 5) is 13.8. The average molecular weight is 258 g/mol. The fraction of sp³-hybridized carbons (Fsp3) is 0.417. The molecule has 2 nitrogen and oxygen atoms in total. The lowest BCUT2D eigenvalue weighted by Gasteiger charge is -2.15. The van der Waals surface area contributed by atoms with Crippen LogP contribution in [0.2, 0.25) is 10.0 Å². The third-order valence-corrected chi connectivity index (χ3v) is 3.17. The van der Waals surface area contributed by atoms with Gasteiger partial charge in [0, 0.05) is 23.1 Å². The molecule has 0 spiro atoms. The molecule has 1 aromatic rings. The maximum absolute atomic E-state index is 11.9. The van der Waals surface area contributed by atoms with Crippen LogP contribution in [-0.4, -0.2) is 23.9 Å². The second-order valence-electron chi connectivity index (χ2n) is 4.04. The fourth-order valence-corrected chi connectivity index (χ4v) is 2.54. The van der Waals surface area contributed by atoms with Gasteiger partial charge in [-0.05, 0) is 36.6 Å². The van der Waals surface area contributed by atoms with Gasteiger partial charge < -0.3 is 4.90 Å². The Kier molecular flexibility index (Phi) is 3.72. The molecule has 1 aromatic carbocycles. The van der Waals surface area contributed by atoms with E-state index in [2.05, 4.69) is 0 Å². The summed E-state index contributed by atoms with van der Waals surface area (Å²) in [6.07, 6.45) is 2.62. The number of halogens is 2. The first kappa shape index (κ1) is 11.7. The Labute approximate surface area is 105 Å². The number of amides is 1. The molecular weight excluding hydrogens is 245 g/mol. The number of nitrogens with zero attached hydrogens (tertiary/aromatic N) is 1. The van der Waals surface area contributed by atoms with Crippen molar-refractivity contribution in [2.75, 3.05) is 13.1 Å². The molecule has 1 aliphatic rings. The minimum Gasteiger partial charge on any atom is -0.342 e. The quantitative estimate of drug-likeness (QED) is 0.797. The topological polar surface area (TPSA) is 20.3 Å². The van der Waals surface area contributed by atoms with Crippen LogP contribution in [-0.2, 0) is 11.2 Å². The van der Waals surface area contributed by atoms with Gasteiger partial charge in [0.15, 0.2) is 0 Å². The van der Waals surface area contributed by atoms with Crippen LogP contribution in [0.3, 0.4) is 0 Å². The summed E-state index contributed by atoms with van der Waals surface area (Å²) in [5, 5.41) is 1.16. The number of rotatable bonds is 2. The molecule has 2 rings (SSSR count). The SMILES string of the molecule is O=C(Cc1cc(Cl)cc(Cl)c1)N1CCCC1. The highest BCUT2D eigenvalue weighted by molar-refractivity contribution is 6.34. The molecule has 0 atom stereocenters. The third kappa shape index (κ3) is 2.89. The van der Waals surface area contributed by atoms with E-state index in [9.17, 15) is 4.79 Å². The van der Waals surface area contributed by atoms with Gasteiger partial charge in [-0.15, -0.1) is 0 Å². The number of likely N-dealkylation sites (tertiary alicyclic amines) is 1. The summed E-state index contributed by atoms with van der Waals surface area (Å²) < 4.78 is 0. The minimum absolute atomic E-state index is 0.163. The van der Waals surface area contributed by atoms with Crippen molar-refractivity contribution in [3.05, 3.63) is 33.8 Å². The van der Waals surface area contributed by atoms with Gasteiger partial charge in [0.25, 0.3) is 0 Å². The third-order valence-electron chi connectivity index (χ3n) is 2.74. The van der Waals surface area contributed by atoms with Gasteiger partial charge >= 0.3 is 0 Å². The van der Waals surface area contributed by atoms with Gasteiger partial charge in [0.1, 0.15) is 0 Å².